The highest BCUT2D eigenvalue weighted by Crippen LogP contribution is 2.37. The molecule has 1 aromatic carbocycles. The predicted molar refractivity (Wildman–Crippen MR) is 75.3 cm³/mol. The lowest BCUT2D eigenvalue weighted by molar-refractivity contribution is 0.0960. The van der Waals surface area contributed by atoms with Crippen molar-refractivity contribution in [3.8, 4) is 17.6 Å². The van der Waals surface area contributed by atoms with E-state index in [4.69, 9.17) is 14.2 Å². The van der Waals surface area contributed by atoms with Gasteiger partial charge in [0.15, 0.2) is 11.5 Å². The molecule has 2 rings (SSSR count). The first-order valence-corrected chi connectivity index (χ1v) is 6.74. The summed E-state index contributed by atoms with van der Waals surface area (Å²) in [6, 6.07) is 5.11. The van der Waals surface area contributed by atoms with Crippen molar-refractivity contribution in [1.82, 2.24) is 4.90 Å². The topological polar surface area (TPSA) is 71.8 Å². The molecule has 0 spiro atoms. The van der Waals surface area contributed by atoms with Gasteiger partial charge in [-0.3, -0.25) is 4.90 Å². The Kier molecular flexibility index (Phi) is 4.53. The van der Waals surface area contributed by atoms with Gasteiger partial charge in [-0.25, -0.2) is 4.79 Å². The molecule has 1 heterocycles. The molecule has 0 unspecified atom stereocenters. The molecule has 1 aliphatic rings. The van der Waals surface area contributed by atoms with E-state index in [0.29, 0.717) is 24.5 Å². The van der Waals surface area contributed by atoms with Gasteiger partial charge in [-0.05, 0) is 36.6 Å². The van der Waals surface area contributed by atoms with Crippen LogP contribution in [0.1, 0.15) is 24.1 Å². The summed E-state index contributed by atoms with van der Waals surface area (Å²) in [4.78, 5) is 13.4. The number of nitriles is 1. The second-order valence-electron chi connectivity index (χ2n) is 4.58. The zero-order chi connectivity index (χ0) is 15.4. The molecule has 6 heteroatoms. The molecule has 0 saturated carbocycles. The van der Waals surface area contributed by atoms with Gasteiger partial charge in [0.05, 0.1) is 26.9 Å². The Labute approximate surface area is 123 Å². The molecule has 1 aliphatic heterocycles. The molecule has 0 bridgehead atoms. The number of rotatable bonds is 3. The second-order valence-corrected chi connectivity index (χ2v) is 4.58. The molecule has 1 atom stereocenters. The molecule has 0 aromatic heterocycles. The molecule has 0 aliphatic carbocycles. The third kappa shape index (κ3) is 2.72. The minimum Gasteiger partial charge on any atom is -0.493 e. The van der Waals surface area contributed by atoms with Gasteiger partial charge in [0.25, 0.3) is 0 Å². The number of amides is 1. The van der Waals surface area contributed by atoms with Crippen LogP contribution >= 0.6 is 0 Å². The predicted octanol–water partition coefficient (Wildman–Crippen LogP) is 2.28. The highest BCUT2D eigenvalue weighted by molar-refractivity contribution is 5.70. The fourth-order valence-corrected chi connectivity index (χ4v) is 2.49. The number of ether oxygens (including phenoxy) is 3. The van der Waals surface area contributed by atoms with Crippen LogP contribution in [0, 0.1) is 11.3 Å². The number of hydrogen-bond donors (Lipinski definition) is 0. The van der Waals surface area contributed by atoms with Crippen LogP contribution in [0.5, 0.6) is 11.5 Å². The lowest BCUT2D eigenvalue weighted by Crippen LogP contribution is -2.39. The van der Waals surface area contributed by atoms with Gasteiger partial charge < -0.3 is 14.2 Å². The van der Waals surface area contributed by atoms with E-state index < -0.39 is 12.1 Å². The molecule has 0 fully saturated rings. The van der Waals surface area contributed by atoms with E-state index in [0.717, 1.165) is 11.1 Å². The number of carbonyl (C=O) groups is 1. The fraction of sp³-hybridized carbons (Fsp3) is 0.467. The number of hydrogen-bond acceptors (Lipinski definition) is 5. The van der Waals surface area contributed by atoms with Gasteiger partial charge in [0.1, 0.15) is 6.04 Å². The number of benzene rings is 1. The van der Waals surface area contributed by atoms with E-state index >= 15 is 0 Å². The van der Waals surface area contributed by atoms with Crippen LogP contribution in [0.15, 0.2) is 12.1 Å². The maximum atomic E-state index is 12.0. The van der Waals surface area contributed by atoms with Crippen LogP contribution in [0.25, 0.3) is 0 Å². The summed E-state index contributed by atoms with van der Waals surface area (Å²) >= 11 is 0. The maximum absolute atomic E-state index is 12.0. The first kappa shape index (κ1) is 15.0. The van der Waals surface area contributed by atoms with Crippen molar-refractivity contribution in [1.29, 1.82) is 5.26 Å². The summed E-state index contributed by atoms with van der Waals surface area (Å²) in [5.41, 5.74) is 1.74. The van der Waals surface area contributed by atoms with E-state index in [-0.39, 0.29) is 6.61 Å². The molecule has 112 valence electrons. The molecule has 0 radical (unpaired) electrons. The van der Waals surface area contributed by atoms with Crippen LogP contribution < -0.4 is 9.47 Å². The molecule has 6 nitrogen and oxygen atoms in total. The number of nitrogens with zero attached hydrogens (tertiary/aromatic N) is 2. The minimum atomic E-state index is -0.674. The Balaban J connectivity index is 2.42. The standard InChI is InChI=1S/C15H18N2O4/c1-4-21-15(18)17-6-5-10-7-13(19-2)14(20-3)8-11(10)12(17)9-16/h7-8,12H,4-6H2,1-3H3/t12-/m1/s1. The van der Waals surface area contributed by atoms with Gasteiger partial charge >= 0.3 is 6.09 Å². The van der Waals surface area contributed by atoms with Crippen molar-refractivity contribution >= 4 is 6.09 Å². The average molecular weight is 290 g/mol. The summed E-state index contributed by atoms with van der Waals surface area (Å²) in [5, 5.41) is 9.44. The molecule has 21 heavy (non-hydrogen) atoms. The summed E-state index contributed by atoms with van der Waals surface area (Å²) < 4.78 is 15.6. The molecule has 0 saturated heterocycles. The number of carbonyl (C=O) groups excluding carboxylic acids is 1. The minimum absolute atomic E-state index is 0.284. The lowest BCUT2D eigenvalue weighted by atomic mass is 9.93. The largest absolute Gasteiger partial charge is 0.493 e. The maximum Gasteiger partial charge on any atom is 0.411 e. The second kappa shape index (κ2) is 6.35. The Morgan fingerprint density at radius 2 is 2.05 bits per heavy atom. The molecule has 1 amide bonds. The summed E-state index contributed by atoms with van der Waals surface area (Å²) in [6.45, 7) is 2.47. The van der Waals surface area contributed by atoms with Gasteiger partial charge in [0, 0.05) is 6.54 Å². The van der Waals surface area contributed by atoms with Gasteiger partial charge in [-0.2, -0.15) is 5.26 Å². The van der Waals surface area contributed by atoms with Crippen molar-refractivity contribution in [2.24, 2.45) is 0 Å². The fourth-order valence-electron chi connectivity index (χ4n) is 2.49. The van der Waals surface area contributed by atoms with Crippen LogP contribution in [0.4, 0.5) is 4.79 Å². The van der Waals surface area contributed by atoms with E-state index in [9.17, 15) is 10.1 Å². The number of methoxy groups -OCH3 is 2. The van der Waals surface area contributed by atoms with Crippen molar-refractivity contribution < 1.29 is 19.0 Å². The Bertz CT molecular complexity index is 580. The summed E-state index contributed by atoms with van der Waals surface area (Å²) in [7, 11) is 3.11. The monoisotopic (exact) mass is 290 g/mol. The smallest absolute Gasteiger partial charge is 0.411 e. The van der Waals surface area contributed by atoms with Gasteiger partial charge in [-0.15, -0.1) is 0 Å². The summed E-state index contributed by atoms with van der Waals surface area (Å²) in [5.74, 6) is 1.17. The summed E-state index contributed by atoms with van der Waals surface area (Å²) in [6.07, 6.45) is 0.177. The van der Waals surface area contributed by atoms with Crippen LogP contribution in [-0.4, -0.2) is 38.4 Å². The van der Waals surface area contributed by atoms with E-state index in [1.165, 1.54) is 12.0 Å². The van der Waals surface area contributed by atoms with Crippen molar-refractivity contribution in [3.05, 3.63) is 23.3 Å². The molecular weight excluding hydrogens is 272 g/mol. The Morgan fingerprint density at radius 3 is 2.62 bits per heavy atom. The van der Waals surface area contributed by atoms with Gasteiger partial charge in [-0.1, -0.05) is 0 Å². The van der Waals surface area contributed by atoms with Crippen molar-refractivity contribution in [2.75, 3.05) is 27.4 Å². The Morgan fingerprint density at radius 1 is 1.38 bits per heavy atom. The third-order valence-corrected chi connectivity index (χ3v) is 3.50. The third-order valence-electron chi connectivity index (χ3n) is 3.50. The van der Waals surface area contributed by atoms with Crippen molar-refractivity contribution in [2.45, 2.75) is 19.4 Å². The van der Waals surface area contributed by atoms with Crippen LogP contribution in [0.3, 0.4) is 0 Å². The first-order chi connectivity index (χ1) is 10.2. The average Bonchev–Trinajstić information content (AvgIpc) is 2.52. The molecular formula is C15H18N2O4. The zero-order valence-corrected chi connectivity index (χ0v) is 12.4. The molecule has 1 aromatic rings. The van der Waals surface area contributed by atoms with E-state index in [1.807, 2.05) is 6.07 Å². The van der Waals surface area contributed by atoms with Crippen molar-refractivity contribution in [3.63, 3.8) is 0 Å². The zero-order valence-electron chi connectivity index (χ0n) is 12.4. The van der Waals surface area contributed by atoms with E-state index in [1.54, 1.807) is 20.1 Å². The number of fused-ring (bicyclic) bond motifs is 1. The van der Waals surface area contributed by atoms with E-state index in [2.05, 4.69) is 6.07 Å². The normalized spacial score (nSPS) is 16.7. The Hall–Kier alpha value is -2.42. The molecule has 0 N–H and O–H groups in total. The van der Waals surface area contributed by atoms with Gasteiger partial charge in [0.2, 0.25) is 0 Å². The van der Waals surface area contributed by atoms with Crippen LogP contribution in [0.2, 0.25) is 0 Å². The highest BCUT2D eigenvalue weighted by atomic mass is 16.6. The quantitative estimate of drug-likeness (QED) is 0.854. The first-order valence-electron chi connectivity index (χ1n) is 6.74. The SMILES string of the molecule is CCOC(=O)N1CCc2cc(OC)c(OC)cc2[C@H]1C#N. The lowest BCUT2D eigenvalue weighted by Gasteiger charge is -2.32. The highest BCUT2D eigenvalue weighted by Gasteiger charge is 2.33. The van der Waals surface area contributed by atoms with Crippen LogP contribution in [-0.2, 0) is 11.2 Å².